The summed E-state index contributed by atoms with van der Waals surface area (Å²) >= 11 is 0. The number of ether oxygens (including phenoxy) is 4. The van der Waals surface area contributed by atoms with Gasteiger partial charge < -0.3 is 24.4 Å². The minimum atomic E-state index is -1.43. The quantitative estimate of drug-likeness (QED) is 0.179. The van der Waals surface area contributed by atoms with Crippen molar-refractivity contribution in [1.82, 2.24) is 0 Å². The molecule has 0 aromatic rings. The van der Waals surface area contributed by atoms with Crippen LogP contribution in [0.3, 0.4) is 0 Å². The molecule has 39 heavy (non-hydrogen) atoms. The van der Waals surface area contributed by atoms with Gasteiger partial charge in [0.2, 0.25) is 12.6 Å². The summed E-state index contributed by atoms with van der Waals surface area (Å²) in [6, 6.07) is 0. The van der Waals surface area contributed by atoms with Crippen molar-refractivity contribution in [3.63, 3.8) is 0 Å². The van der Waals surface area contributed by atoms with E-state index in [0.717, 1.165) is 5.57 Å². The van der Waals surface area contributed by atoms with E-state index in [1.165, 1.54) is 13.0 Å². The molecule has 9 heteroatoms. The van der Waals surface area contributed by atoms with Crippen molar-refractivity contribution in [3.05, 3.63) is 36.0 Å². The van der Waals surface area contributed by atoms with Gasteiger partial charge in [-0.25, -0.2) is 0 Å². The van der Waals surface area contributed by atoms with Crippen molar-refractivity contribution in [2.24, 2.45) is 22.7 Å². The van der Waals surface area contributed by atoms with Crippen molar-refractivity contribution < 1.29 is 43.5 Å². The summed E-state index contributed by atoms with van der Waals surface area (Å²) in [6.07, 6.45) is 1.59. The third kappa shape index (κ3) is 5.72. The van der Waals surface area contributed by atoms with E-state index < -0.39 is 65.5 Å². The predicted molar refractivity (Wildman–Crippen MR) is 143 cm³/mol. The third-order valence-corrected chi connectivity index (χ3v) is 8.82. The van der Waals surface area contributed by atoms with E-state index in [-0.39, 0.29) is 25.2 Å². The molecule has 3 aliphatic rings. The van der Waals surface area contributed by atoms with Gasteiger partial charge in [-0.1, -0.05) is 52.0 Å². The fourth-order valence-corrected chi connectivity index (χ4v) is 6.63. The summed E-state index contributed by atoms with van der Waals surface area (Å²) in [4.78, 5) is 37.6. The van der Waals surface area contributed by atoms with E-state index >= 15 is 0 Å². The second-order valence-corrected chi connectivity index (χ2v) is 11.4. The summed E-state index contributed by atoms with van der Waals surface area (Å²) in [5, 5.41) is 23.2. The predicted octanol–water partition coefficient (Wildman–Crippen LogP) is 4.12. The second kappa shape index (κ2) is 12.4. The number of aliphatic hydroxyl groups excluding tert-OH is 2. The molecule has 9 atom stereocenters. The van der Waals surface area contributed by atoms with Gasteiger partial charge in [-0.15, -0.1) is 0 Å². The van der Waals surface area contributed by atoms with Crippen LogP contribution in [-0.2, 0) is 33.3 Å². The van der Waals surface area contributed by atoms with Gasteiger partial charge in [-0.2, -0.15) is 0 Å². The van der Waals surface area contributed by atoms with Crippen LogP contribution in [0.1, 0.15) is 80.1 Å². The van der Waals surface area contributed by atoms with Crippen LogP contribution < -0.4 is 0 Å². The molecular weight excluding hydrogens is 504 g/mol. The van der Waals surface area contributed by atoms with Gasteiger partial charge in [0.05, 0.1) is 11.5 Å². The average Bonchev–Trinajstić information content (AvgIpc) is 3.16. The molecule has 1 aliphatic heterocycles. The van der Waals surface area contributed by atoms with Crippen LogP contribution in [0.5, 0.6) is 0 Å². The lowest BCUT2D eigenvalue weighted by atomic mass is 9.44. The Morgan fingerprint density at radius 2 is 1.72 bits per heavy atom. The van der Waals surface area contributed by atoms with Gasteiger partial charge in [0.25, 0.3) is 0 Å². The highest BCUT2D eigenvalue weighted by Crippen LogP contribution is 2.67. The van der Waals surface area contributed by atoms with Gasteiger partial charge in [-0.05, 0) is 50.0 Å². The molecule has 2 fully saturated rings. The Morgan fingerprint density at radius 1 is 1.10 bits per heavy atom. The molecule has 1 saturated carbocycles. The average molecular weight is 549 g/mol. The first kappa shape index (κ1) is 31.0. The molecule has 2 aliphatic carbocycles. The highest BCUT2D eigenvalue weighted by molar-refractivity contribution is 5.70. The number of allylic oxidation sites excluding steroid dienone is 3. The molecule has 0 aromatic heterocycles. The zero-order chi connectivity index (χ0) is 29.1. The van der Waals surface area contributed by atoms with Gasteiger partial charge in [0.15, 0.2) is 0 Å². The Kier molecular flexibility index (Phi) is 9.83. The maximum absolute atomic E-state index is 12.8. The minimum Gasteiger partial charge on any atom is -0.459 e. The lowest BCUT2D eigenvalue weighted by Gasteiger charge is -2.62. The zero-order valence-corrected chi connectivity index (χ0v) is 24.0. The maximum atomic E-state index is 12.8. The summed E-state index contributed by atoms with van der Waals surface area (Å²) in [6.45, 7) is 14.7. The highest BCUT2D eigenvalue weighted by Gasteiger charge is 2.74. The van der Waals surface area contributed by atoms with Crippen LogP contribution in [0.4, 0.5) is 0 Å². The van der Waals surface area contributed by atoms with Crippen LogP contribution in [0.2, 0.25) is 0 Å². The topological polar surface area (TPSA) is 129 Å². The maximum Gasteiger partial charge on any atom is 0.308 e. The molecule has 0 bridgehead atoms. The van der Waals surface area contributed by atoms with E-state index in [9.17, 15) is 24.6 Å². The van der Waals surface area contributed by atoms with Crippen molar-refractivity contribution in [2.75, 3.05) is 0 Å². The number of carbonyl (C=O) groups excluding carboxylic acids is 3. The molecule has 1 saturated heterocycles. The normalized spacial score (nSPS) is 37.7. The Balaban J connectivity index is 2.25. The number of esters is 3. The van der Waals surface area contributed by atoms with Crippen LogP contribution in [0.25, 0.3) is 0 Å². The lowest BCUT2D eigenvalue weighted by molar-refractivity contribution is -0.275. The van der Waals surface area contributed by atoms with Crippen LogP contribution >= 0.6 is 0 Å². The summed E-state index contributed by atoms with van der Waals surface area (Å²) in [5.74, 6) is -2.47. The Labute approximate surface area is 231 Å². The summed E-state index contributed by atoms with van der Waals surface area (Å²) < 4.78 is 23.4. The Hall–Kier alpha value is -2.49. The van der Waals surface area contributed by atoms with Crippen LogP contribution in [0.15, 0.2) is 36.0 Å². The lowest BCUT2D eigenvalue weighted by Crippen LogP contribution is -2.68. The highest BCUT2D eigenvalue weighted by atomic mass is 16.8. The van der Waals surface area contributed by atoms with Gasteiger partial charge in [0.1, 0.15) is 12.2 Å². The minimum absolute atomic E-state index is 0.143. The fraction of sp³-hybridized carbons (Fsp3) is 0.700. The molecule has 218 valence electrons. The smallest absolute Gasteiger partial charge is 0.308 e. The molecular formula is C30H44O9. The van der Waals surface area contributed by atoms with E-state index in [2.05, 4.69) is 6.58 Å². The number of hydrogen-bond acceptors (Lipinski definition) is 9. The second-order valence-electron chi connectivity index (χ2n) is 11.4. The first-order valence-corrected chi connectivity index (χ1v) is 14.0. The molecule has 1 spiro atoms. The van der Waals surface area contributed by atoms with Crippen molar-refractivity contribution in [3.8, 4) is 0 Å². The van der Waals surface area contributed by atoms with Gasteiger partial charge in [-0.3, -0.25) is 19.1 Å². The number of aliphatic hydroxyl groups is 2. The molecule has 0 radical (unpaired) electrons. The van der Waals surface area contributed by atoms with E-state index in [0.29, 0.717) is 24.8 Å². The van der Waals surface area contributed by atoms with Gasteiger partial charge in [0, 0.05) is 31.3 Å². The number of rotatable bonds is 10. The molecule has 0 unspecified atom stereocenters. The summed E-state index contributed by atoms with van der Waals surface area (Å²) in [5.41, 5.74) is -0.837. The Bertz CT molecular complexity index is 1020. The fourth-order valence-electron chi connectivity index (χ4n) is 6.63. The Morgan fingerprint density at radius 3 is 2.28 bits per heavy atom. The van der Waals surface area contributed by atoms with Crippen LogP contribution in [0, 0.1) is 22.7 Å². The van der Waals surface area contributed by atoms with Crippen LogP contribution in [-0.4, -0.2) is 59.0 Å². The van der Waals surface area contributed by atoms with Gasteiger partial charge >= 0.3 is 17.9 Å². The number of carbonyl (C=O) groups is 3. The van der Waals surface area contributed by atoms with Crippen molar-refractivity contribution in [2.45, 2.75) is 111 Å². The summed E-state index contributed by atoms with van der Waals surface area (Å²) in [7, 11) is 0. The molecule has 0 amide bonds. The first-order chi connectivity index (χ1) is 18.4. The first-order valence-electron chi connectivity index (χ1n) is 14.0. The molecule has 1 heterocycles. The molecule has 9 nitrogen and oxygen atoms in total. The van der Waals surface area contributed by atoms with E-state index in [1.54, 1.807) is 6.08 Å². The SMILES string of the molecule is C=C/C(C)=C\C[C@]1(C)[C@H](C)[C@@H](OC(=O)CCC)[C@H](O)[C@@]23C(=C[C@H](O)C[C@@H]12)[C@@H](OC(=O)CCC)O[C@H]3OC(C)=O. The molecule has 2 N–H and O–H groups in total. The van der Waals surface area contributed by atoms with Crippen molar-refractivity contribution >= 4 is 17.9 Å². The van der Waals surface area contributed by atoms with E-state index in [4.69, 9.17) is 18.9 Å². The number of hydrogen-bond donors (Lipinski definition) is 2. The van der Waals surface area contributed by atoms with Crippen molar-refractivity contribution in [1.29, 1.82) is 0 Å². The standard InChI is InChI=1S/C30H44O9/c1-8-11-23(33)37-25-18(5)29(7,14-13-17(4)10-3)22-16-20(32)15-21-27(38-24(34)12-9-2)39-28(36-19(6)31)30(21,22)26(25)35/h10,13,15,18,20,22,25-28,32,35H,3,8-9,11-12,14,16H2,1-2,4-7H3/b17-13-/t18-,20+,22+,25-,26+,27+,28-,29-,30-/m1/s1. The third-order valence-electron chi connectivity index (χ3n) is 8.82. The largest absolute Gasteiger partial charge is 0.459 e. The monoisotopic (exact) mass is 548 g/mol. The zero-order valence-electron chi connectivity index (χ0n) is 24.0. The molecule has 0 aromatic carbocycles. The molecule has 3 rings (SSSR count). The van der Waals surface area contributed by atoms with E-state index in [1.807, 2.05) is 40.7 Å².